The molecule has 82 heavy (non-hydrogen) atoms. The van der Waals surface area contributed by atoms with Gasteiger partial charge < -0.3 is 27.5 Å². The van der Waals surface area contributed by atoms with E-state index in [-0.39, 0.29) is 0 Å². The number of hydrogen-bond acceptors (Lipinski definition) is 6. The van der Waals surface area contributed by atoms with Crippen LogP contribution in [0.25, 0.3) is 132 Å². The van der Waals surface area contributed by atoms with Crippen molar-refractivity contribution in [3.63, 3.8) is 0 Å². The van der Waals surface area contributed by atoms with E-state index in [9.17, 15) is 0 Å². The number of aryl methyl sites for hydroxylation is 2. The van der Waals surface area contributed by atoms with Gasteiger partial charge in [-0.15, -0.1) is 0 Å². The van der Waals surface area contributed by atoms with Crippen LogP contribution < -0.4 is 9.80 Å². The first-order valence-electron chi connectivity index (χ1n) is 27.9. The minimum atomic E-state index is 0.794. The summed E-state index contributed by atoms with van der Waals surface area (Å²) in [6.07, 6.45) is 0. The van der Waals surface area contributed by atoms with Gasteiger partial charge >= 0.3 is 0 Å². The number of fused-ring (bicyclic) bond motifs is 14. The largest absolute Gasteiger partial charge is 0.455 e. The van der Waals surface area contributed by atoms with Gasteiger partial charge in [-0.2, -0.15) is 0 Å². The van der Waals surface area contributed by atoms with Gasteiger partial charge in [-0.05, 0) is 143 Å². The van der Waals surface area contributed by atoms with E-state index in [2.05, 4.69) is 254 Å². The van der Waals surface area contributed by atoms with Gasteiger partial charge in [0.2, 0.25) is 0 Å². The van der Waals surface area contributed by atoms with Gasteiger partial charge in [0.1, 0.15) is 33.5 Å². The molecule has 0 fully saturated rings. The number of hydrogen-bond donors (Lipinski definition) is 0. The summed E-state index contributed by atoms with van der Waals surface area (Å²) < 4.78 is 28.3. The van der Waals surface area contributed by atoms with Crippen molar-refractivity contribution in [2.45, 2.75) is 13.8 Å². The number of nitrogens with zero attached hydrogens (tertiary/aromatic N) is 2. The standard InChI is InChI=1S/C76H48N2O4/c1-45-31-37-59-57-27-15-17-29-63(57)79-73(59)71(45)77(53-23-11-5-12-24-53)55-35-33-49-41-61-65(43-51(49)39-55)81-75-68(48-21-9-4-10-22-48)70-62-42-50-34-36-56(40-52(50)44-66(62)82-76(70)67(69(61)75)47-19-7-3-8-20-47)78(54-25-13-6-14-26-54)72-46(2)32-38-60-58-28-16-18-30-64(58)80-74(60)72/h3-44H,1-2H3. The van der Waals surface area contributed by atoms with Crippen molar-refractivity contribution in [2.75, 3.05) is 9.80 Å². The molecule has 0 amide bonds. The van der Waals surface area contributed by atoms with Crippen molar-refractivity contribution in [3.8, 4) is 22.3 Å². The van der Waals surface area contributed by atoms with Crippen molar-refractivity contribution in [3.05, 3.63) is 266 Å². The zero-order valence-electron chi connectivity index (χ0n) is 44.8. The van der Waals surface area contributed by atoms with Crippen LogP contribution in [-0.2, 0) is 0 Å². The van der Waals surface area contributed by atoms with Gasteiger partial charge in [0.25, 0.3) is 0 Å². The molecule has 0 N–H and O–H groups in total. The molecule has 386 valence electrons. The number of benzene rings is 13. The predicted molar refractivity (Wildman–Crippen MR) is 340 cm³/mol. The molecule has 0 saturated carbocycles. The molecule has 0 unspecified atom stereocenters. The molecule has 6 nitrogen and oxygen atoms in total. The second-order valence-electron chi connectivity index (χ2n) is 21.6. The smallest absolute Gasteiger partial charge is 0.159 e. The molecule has 17 aromatic rings. The minimum Gasteiger partial charge on any atom is -0.455 e. The highest BCUT2D eigenvalue weighted by molar-refractivity contribution is 6.31. The number of anilines is 6. The summed E-state index contributed by atoms with van der Waals surface area (Å²) in [6, 6.07) is 90.3. The van der Waals surface area contributed by atoms with E-state index in [0.717, 1.165) is 177 Å². The summed E-state index contributed by atoms with van der Waals surface area (Å²) >= 11 is 0. The van der Waals surface area contributed by atoms with Crippen molar-refractivity contribution in [1.82, 2.24) is 0 Å². The molecule has 17 rings (SSSR count). The molecule has 0 aliphatic rings. The summed E-state index contributed by atoms with van der Waals surface area (Å²) in [5.74, 6) is 0. The molecule has 0 radical (unpaired) electrons. The molecule has 13 aromatic carbocycles. The molecule has 0 spiro atoms. The lowest BCUT2D eigenvalue weighted by Crippen LogP contribution is -2.11. The average molecular weight is 1050 g/mol. The maximum absolute atomic E-state index is 7.40. The van der Waals surface area contributed by atoms with Gasteiger partial charge in [0, 0.05) is 77.0 Å². The third-order valence-electron chi connectivity index (χ3n) is 16.8. The Labute approximate surface area is 470 Å². The highest BCUT2D eigenvalue weighted by Crippen LogP contribution is 2.53. The molecule has 0 aliphatic carbocycles. The quantitative estimate of drug-likeness (QED) is 0.151. The minimum absolute atomic E-state index is 0.794. The van der Waals surface area contributed by atoms with E-state index in [1.165, 1.54) is 0 Å². The maximum atomic E-state index is 7.40. The lowest BCUT2D eigenvalue weighted by Gasteiger charge is -2.27. The van der Waals surface area contributed by atoms with Crippen LogP contribution in [0.15, 0.2) is 272 Å². The number of rotatable bonds is 8. The van der Waals surface area contributed by atoms with Crippen LogP contribution in [0.5, 0.6) is 0 Å². The van der Waals surface area contributed by atoms with Crippen LogP contribution in [-0.4, -0.2) is 0 Å². The topological polar surface area (TPSA) is 59.0 Å². The summed E-state index contributed by atoms with van der Waals surface area (Å²) in [7, 11) is 0. The highest BCUT2D eigenvalue weighted by Gasteiger charge is 2.29. The Morgan fingerprint density at radius 1 is 0.256 bits per heavy atom. The Kier molecular flexibility index (Phi) is 10.0. The SMILES string of the molecule is Cc1ccc2c(oc3ccccc32)c1N(c1ccccc1)c1ccc2cc3c(cc2c1)oc1c(-c2ccccc2)c2c(oc4cc5cc(N(c6ccccc6)c6c(C)ccc7c6oc6ccccc67)ccc5cc42)c(-c2ccccc2)c13. The Hall–Kier alpha value is -10.8. The lowest BCUT2D eigenvalue weighted by molar-refractivity contribution is 0.666. The second-order valence-corrected chi connectivity index (χ2v) is 21.6. The van der Waals surface area contributed by atoms with E-state index in [0.29, 0.717) is 0 Å². The zero-order chi connectivity index (χ0) is 54.2. The maximum Gasteiger partial charge on any atom is 0.159 e. The van der Waals surface area contributed by atoms with Crippen LogP contribution >= 0.6 is 0 Å². The van der Waals surface area contributed by atoms with Gasteiger partial charge in [0.05, 0.1) is 11.4 Å². The van der Waals surface area contributed by atoms with Crippen molar-refractivity contribution in [2.24, 2.45) is 0 Å². The highest BCUT2D eigenvalue weighted by atomic mass is 16.3. The first-order valence-corrected chi connectivity index (χ1v) is 27.9. The Morgan fingerprint density at radius 3 is 1.06 bits per heavy atom. The third-order valence-corrected chi connectivity index (χ3v) is 16.8. The molecule has 6 heteroatoms. The van der Waals surface area contributed by atoms with Gasteiger partial charge in [-0.1, -0.05) is 170 Å². The summed E-state index contributed by atoms with van der Waals surface area (Å²) in [5.41, 5.74) is 19.1. The first-order chi connectivity index (χ1) is 40.5. The molecule has 0 saturated heterocycles. The van der Waals surface area contributed by atoms with Crippen LogP contribution in [0.2, 0.25) is 0 Å². The van der Waals surface area contributed by atoms with Crippen LogP contribution in [0.4, 0.5) is 34.1 Å². The molecule has 4 aromatic heterocycles. The van der Waals surface area contributed by atoms with E-state index in [1.54, 1.807) is 0 Å². The van der Waals surface area contributed by atoms with E-state index >= 15 is 0 Å². The first kappa shape index (κ1) is 46.1. The van der Waals surface area contributed by atoms with E-state index < -0.39 is 0 Å². The number of para-hydroxylation sites is 4. The van der Waals surface area contributed by atoms with Crippen LogP contribution in [0, 0.1) is 13.8 Å². The van der Waals surface area contributed by atoms with Crippen molar-refractivity contribution in [1.29, 1.82) is 0 Å². The Morgan fingerprint density at radius 2 is 0.634 bits per heavy atom. The fourth-order valence-electron chi connectivity index (χ4n) is 13.0. The van der Waals surface area contributed by atoms with Crippen LogP contribution in [0.3, 0.4) is 0 Å². The molecular weight excluding hydrogens is 1000 g/mol. The fraction of sp³-hybridized carbons (Fsp3) is 0.0263. The second kappa shape index (κ2) is 17.8. The Balaban J connectivity index is 0.889. The molecular formula is C76H48N2O4. The summed E-state index contributed by atoms with van der Waals surface area (Å²) in [4.78, 5) is 4.66. The van der Waals surface area contributed by atoms with E-state index in [4.69, 9.17) is 17.7 Å². The predicted octanol–water partition coefficient (Wildman–Crippen LogP) is 22.5. The van der Waals surface area contributed by atoms with Crippen molar-refractivity contribution >= 4 is 143 Å². The summed E-state index contributed by atoms with van der Waals surface area (Å²) in [5, 5.41) is 12.7. The van der Waals surface area contributed by atoms with Gasteiger partial charge in [0.15, 0.2) is 11.2 Å². The fourth-order valence-corrected chi connectivity index (χ4v) is 13.0. The Bertz CT molecular complexity index is 5080. The van der Waals surface area contributed by atoms with Gasteiger partial charge in [-0.25, -0.2) is 0 Å². The number of furan rings is 4. The molecule has 4 heterocycles. The molecule has 0 aliphatic heterocycles. The normalized spacial score (nSPS) is 12.0. The third kappa shape index (κ3) is 6.95. The lowest BCUT2D eigenvalue weighted by atomic mass is 9.90. The zero-order valence-corrected chi connectivity index (χ0v) is 44.8. The van der Waals surface area contributed by atoms with Gasteiger partial charge in [-0.3, -0.25) is 0 Å². The monoisotopic (exact) mass is 1050 g/mol. The molecule has 0 bridgehead atoms. The van der Waals surface area contributed by atoms with E-state index in [1.807, 2.05) is 24.3 Å². The average Bonchev–Trinajstić information content (AvgIpc) is 4.46. The van der Waals surface area contributed by atoms with Crippen molar-refractivity contribution < 1.29 is 17.7 Å². The van der Waals surface area contributed by atoms with Crippen LogP contribution in [0.1, 0.15) is 11.1 Å². The summed E-state index contributed by atoms with van der Waals surface area (Å²) in [6.45, 7) is 4.33. The molecule has 0 atom stereocenters.